The number of amidine groups is 1. The third kappa shape index (κ3) is 7.87. The van der Waals surface area contributed by atoms with Crippen molar-refractivity contribution in [1.82, 2.24) is 0 Å². The van der Waals surface area contributed by atoms with Crippen LogP contribution >= 0.6 is 0 Å². The highest BCUT2D eigenvalue weighted by Crippen LogP contribution is 2.23. The minimum atomic E-state index is -0.833. The van der Waals surface area contributed by atoms with E-state index >= 15 is 0 Å². The molecule has 0 radical (unpaired) electrons. The van der Waals surface area contributed by atoms with Gasteiger partial charge in [0.1, 0.15) is 18.2 Å². The molecule has 8 nitrogen and oxygen atoms in total. The van der Waals surface area contributed by atoms with Crippen LogP contribution < -0.4 is 15.4 Å². The molecule has 1 aliphatic rings. The third-order valence-electron chi connectivity index (χ3n) is 5.55. The van der Waals surface area contributed by atoms with Gasteiger partial charge >= 0.3 is 6.09 Å². The van der Waals surface area contributed by atoms with Gasteiger partial charge in [0.15, 0.2) is 6.10 Å². The topological polar surface area (TPSA) is 126 Å². The molecule has 1 aliphatic heterocycles. The van der Waals surface area contributed by atoms with Gasteiger partial charge in [-0.1, -0.05) is 42.0 Å². The van der Waals surface area contributed by atoms with Gasteiger partial charge in [-0.3, -0.25) is 15.1 Å². The van der Waals surface area contributed by atoms with Crippen molar-refractivity contribution in [3.63, 3.8) is 0 Å². The summed E-state index contributed by atoms with van der Waals surface area (Å²) in [5.41, 5.74) is 10.7. The number of anilines is 1. The van der Waals surface area contributed by atoms with Gasteiger partial charge < -0.3 is 20.3 Å². The smallest absolute Gasteiger partial charge is 0.414 e. The molecule has 3 aromatic carbocycles. The number of nitrogens with zero attached hydrogens (tertiary/aromatic N) is 1. The number of hydrogen-bond donors (Lipinski definition) is 3. The number of nitrogens with two attached hydrogens (primary N) is 1. The van der Waals surface area contributed by atoms with E-state index < -0.39 is 12.1 Å². The summed E-state index contributed by atoms with van der Waals surface area (Å²) >= 11 is 0. The molecule has 4 N–H and O–H groups in total. The van der Waals surface area contributed by atoms with Crippen molar-refractivity contribution in [1.29, 1.82) is 5.41 Å². The minimum Gasteiger partial charge on any atom is -0.490 e. The summed E-state index contributed by atoms with van der Waals surface area (Å²) in [6.07, 6.45) is 1.22. The molecular formula is C28H31N3O5. The van der Waals surface area contributed by atoms with E-state index in [0.717, 1.165) is 25.5 Å². The monoisotopic (exact) mass is 489 g/mol. The Kier molecular flexibility index (Phi) is 9.05. The summed E-state index contributed by atoms with van der Waals surface area (Å²) in [6, 6.07) is 23.7. The number of nitrogen functional groups attached to an aromatic ring is 1. The minimum absolute atomic E-state index is 0.00649. The van der Waals surface area contributed by atoms with Crippen molar-refractivity contribution in [2.75, 3.05) is 18.1 Å². The predicted molar refractivity (Wildman–Crippen MR) is 139 cm³/mol. The molecule has 0 bridgehead atoms. The van der Waals surface area contributed by atoms with Crippen molar-refractivity contribution in [3.8, 4) is 5.75 Å². The van der Waals surface area contributed by atoms with Crippen LogP contribution in [-0.2, 0) is 22.4 Å². The number of hydrogen-bond acceptors (Lipinski definition) is 5. The number of carbonyl (C=O) groups is 2. The Morgan fingerprint density at radius 3 is 2.08 bits per heavy atom. The highest BCUT2D eigenvalue weighted by Gasteiger charge is 2.32. The maximum Gasteiger partial charge on any atom is 0.414 e. The maximum atomic E-state index is 12.2. The SMILES string of the molecule is CC(=O)O.Cc1ccc(CCc2ccc(OCC3CN(c4ccc(C(=N)N)cc4)C(=O)O3)cc2)cc1. The van der Waals surface area contributed by atoms with E-state index in [1.807, 2.05) is 12.1 Å². The molecule has 0 saturated carbocycles. The molecule has 188 valence electrons. The maximum absolute atomic E-state index is 12.2. The fourth-order valence-electron chi connectivity index (χ4n) is 3.63. The average molecular weight is 490 g/mol. The van der Waals surface area contributed by atoms with Gasteiger partial charge in [-0.05, 0) is 67.3 Å². The summed E-state index contributed by atoms with van der Waals surface area (Å²) in [5.74, 6) is -0.0858. The van der Waals surface area contributed by atoms with Gasteiger partial charge in [-0.2, -0.15) is 0 Å². The van der Waals surface area contributed by atoms with Crippen LogP contribution in [0.5, 0.6) is 5.75 Å². The molecule has 0 aliphatic carbocycles. The standard InChI is InChI=1S/C26H27N3O3.C2H4O2/c1-18-2-4-19(5-3-18)6-7-20-8-14-23(15-9-20)31-17-24-16-29(26(30)32-24)22-12-10-21(11-13-22)25(27)28;1-2(3)4/h2-5,8-15,24H,6-7,16-17H2,1H3,(H3,27,28);1H3,(H,3,4). The molecule has 1 saturated heterocycles. The molecular weight excluding hydrogens is 458 g/mol. The highest BCUT2D eigenvalue weighted by atomic mass is 16.6. The summed E-state index contributed by atoms with van der Waals surface area (Å²) in [4.78, 5) is 22.8. The Bertz CT molecular complexity index is 1170. The molecule has 1 amide bonds. The van der Waals surface area contributed by atoms with Crippen LogP contribution in [0.1, 0.15) is 29.2 Å². The lowest BCUT2D eigenvalue weighted by molar-refractivity contribution is -0.134. The van der Waals surface area contributed by atoms with E-state index in [1.165, 1.54) is 16.7 Å². The van der Waals surface area contributed by atoms with Gasteiger partial charge in [0.25, 0.3) is 5.97 Å². The first-order chi connectivity index (χ1) is 17.2. The second-order valence-electron chi connectivity index (χ2n) is 8.54. The lowest BCUT2D eigenvalue weighted by atomic mass is 10.0. The number of amides is 1. The second-order valence-corrected chi connectivity index (χ2v) is 8.54. The zero-order valence-electron chi connectivity index (χ0n) is 20.4. The summed E-state index contributed by atoms with van der Waals surface area (Å²) in [6.45, 7) is 3.88. The van der Waals surface area contributed by atoms with Gasteiger partial charge in [-0.15, -0.1) is 0 Å². The molecule has 4 rings (SSSR count). The Morgan fingerprint density at radius 1 is 1.03 bits per heavy atom. The second kappa shape index (κ2) is 12.4. The number of ether oxygens (including phenoxy) is 2. The Morgan fingerprint density at radius 2 is 1.56 bits per heavy atom. The van der Waals surface area contributed by atoms with Gasteiger partial charge in [0, 0.05) is 18.2 Å². The quantitative estimate of drug-likeness (QED) is 0.315. The predicted octanol–water partition coefficient (Wildman–Crippen LogP) is 4.56. The lowest BCUT2D eigenvalue weighted by Gasteiger charge is -2.14. The lowest BCUT2D eigenvalue weighted by Crippen LogP contribution is -2.26. The van der Waals surface area contributed by atoms with Crippen LogP contribution in [0, 0.1) is 12.3 Å². The third-order valence-corrected chi connectivity index (χ3v) is 5.55. The van der Waals surface area contributed by atoms with Crippen LogP contribution in [0.25, 0.3) is 0 Å². The number of cyclic esters (lactones) is 1. The molecule has 1 heterocycles. The van der Waals surface area contributed by atoms with Gasteiger partial charge in [0.2, 0.25) is 0 Å². The van der Waals surface area contributed by atoms with E-state index in [4.69, 9.17) is 30.5 Å². The molecule has 1 fully saturated rings. The van der Waals surface area contributed by atoms with Crippen molar-refractivity contribution in [2.24, 2.45) is 5.73 Å². The molecule has 1 unspecified atom stereocenters. The van der Waals surface area contributed by atoms with E-state index in [-0.39, 0.29) is 18.5 Å². The van der Waals surface area contributed by atoms with E-state index in [1.54, 1.807) is 29.2 Å². The Labute approximate surface area is 210 Å². The first kappa shape index (κ1) is 26.3. The molecule has 3 aromatic rings. The first-order valence-electron chi connectivity index (χ1n) is 11.6. The number of benzene rings is 3. The Hall–Kier alpha value is -4.33. The first-order valence-corrected chi connectivity index (χ1v) is 11.6. The van der Waals surface area contributed by atoms with E-state index in [9.17, 15) is 4.79 Å². The van der Waals surface area contributed by atoms with Gasteiger partial charge in [0.05, 0.1) is 6.54 Å². The number of aliphatic carboxylic acids is 1. The number of carboxylic acids is 1. The number of rotatable bonds is 8. The Balaban J connectivity index is 0.000000840. The number of carbonyl (C=O) groups excluding carboxylic acids is 1. The van der Waals surface area contributed by atoms with Gasteiger partial charge in [-0.25, -0.2) is 4.79 Å². The molecule has 36 heavy (non-hydrogen) atoms. The van der Waals surface area contributed by atoms with Crippen molar-refractivity contribution < 1.29 is 24.2 Å². The average Bonchev–Trinajstić information content (AvgIpc) is 3.23. The van der Waals surface area contributed by atoms with Crippen LogP contribution in [0.15, 0.2) is 72.8 Å². The van der Waals surface area contributed by atoms with Crippen molar-refractivity contribution in [3.05, 3.63) is 95.1 Å². The fourth-order valence-corrected chi connectivity index (χ4v) is 3.63. The van der Waals surface area contributed by atoms with Crippen molar-refractivity contribution >= 4 is 23.6 Å². The zero-order chi connectivity index (χ0) is 26.1. The largest absolute Gasteiger partial charge is 0.490 e. The van der Waals surface area contributed by atoms with Crippen LogP contribution in [-0.4, -0.2) is 42.3 Å². The summed E-state index contributed by atoms with van der Waals surface area (Å²) in [5, 5.41) is 14.9. The van der Waals surface area contributed by atoms with E-state index in [0.29, 0.717) is 17.8 Å². The molecule has 1 atom stereocenters. The molecule has 0 aromatic heterocycles. The van der Waals surface area contributed by atoms with Crippen LogP contribution in [0.3, 0.4) is 0 Å². The summed E-state index contributed by atoms with van der Waals surface area (Å²) < 4.78 is 11.3. The number of carboxylic acid groups (broad SMARTS) is 1. The normalized spacial score (nSPS) is 14.4. The number of aryl methyl sites for hydroxylation is 3. The summed E-state index contributed by atoms with van der Waals surface area (Å²) in [7, 11) is 0. The number of nitrogens with one attached hydrogen (secondary N) is 1. The van der Waals surface area contributed by atoms with Crippen LogP contribution in [0.4, 0.5) is 10.5 Å². The van der Waals surface area contributed by atoms with Crippen molar-refractivity contribution in [2.45, 2.75) is 32.8 Å². The molecule has 8 heteroatoms. The zero-order valence-corrected chi connectivity index (χ0v) is 20.4. The van der Waals surface area contributed by atoms with E-state index in [2.05, 4.69) is 43.3 Å². The highest BCUT2D eigenvalue weighted by molar-refractivity contribution is 5.96. The fraction of sp³-hybridized carbons (Fsp3) is 0.250. The molecule has 0 spiro atoms. The van der Waals surface area contributed by atoms with Crippen LogP contribution in [0.2, 0.25) is 0 Å².